The smallest absolute Gasteiger partial charge is 0.430 e. The number of hydrazine groups is 1. The lowest BCUT2D eigenvalue weighted by atomic mass is 10.2. The first kappa shape index (κ1) is 13.9. The van der Waals surface area contributed by atoms with E-state index in [1.807, 2.05) is 0 Å². The first-order valence-electron chi connectivity index (χ1n) is 5.94. The van der Waals surface area contributed by atoms with Crippen LogP contribution in [0.3, 0.4) is 0 Å². The summed E-state index contributed by atoms with van der Waals surface area (Å²) in [6, 6.07) is 3.40. The van der Waals surface area contributed by atoms with Crippen molar-refractivity contribution in [3.8, 4) is 11.5 Å². The predicted octanol–water partition coefficient (Wildman–Crippen LogP) is 1.42. The largest absolute Gasteiger partial charge is 0.493 e. The molecule has 0 unspecified atom stereocenters. The third-order valence-corrected chi connectivity index (χ3v) is 2.74. The second-order valence-electron chi connectivity index (χ2n) is 3.87. The number of aromatic amines is 1. The zero-order valence-corrected chi connectivity index (χ0v) is 11.5. The molecule has 1 aromatic carbocycles. The monoisotopic (exact) mass is 280 g/mol. The SMILES string of the molecule is CCOC(=O)N(N)c1n[nH]c2cc(OC)c(OC)cc12. The number of anilines is 1. The van der Waals surface area contributed by atoms with Gasteiger partial charge in [0.1, 0.15) is 0 Å². The van der Waals surface area contributed by atoms with E-state index in [0.29, 0.717) is 22.4 Å². The molecule has 0 aliphatic carbocycles. The molecule has 8 nitrogen and oxygen atoms in total. The minimum atomic E-state index is -0.685. The summed E-state index contributed by atoms with van der Waals surface area (Å²) >= 11 is 0. The zero-order chi connectivity index (χ0) is 14.7. The van der Waals surface area contributed by atoms with Gasteiger partial charge in [0.2, 0.25) is 0 Å². The molecule has 0 saturated heterocycles. The number of aromatic nitrogens is 2. The number of carbonyl (C=O) groups excluding carboxylic acids is 1. The van der Waals surface area contributed by atoms with E-state index >= 15 is 0 Å². The van der Waals surface area contributed by atoms with E-state index in [9.17, 15) is 4.79 Å². The molecule has 2 aromatic rings. The number of nitrogens with two attached hydrogens (primary N) is 1. The molecule has 2 rings (SSSR count). The van der Waals surface area contributed by atoms with Crippen LogP contribution in [0.25, 0.3) is 10.9 Å². The minimum Gasteiger partial charge on any atom is -0.493 e. The Labute approximate surface area is 115 Å². The van der Waals surface area contributed by atoms with Gasteiger partial charge in [0.15, 0.2) is 17.3 Å². The lowest BCUT2D eigenvalue weighted by Crippen LogP contribution is -2.38. The zero-order valence-electron chi connectivity index (χ0n) is 11.5. The standard InChI is InChI=1S/C12H16N4O4/c1-4-20-12(17)16(13)11-7-5-9(18-2)10(19-3)6-8(7)14-15-11/h5-6H,4,13H2,1-3H3,(H,14,15). The number of fused-ring (bicyclic) bond motifs is 1. The number of amides is 1. The Hall–Kier alpha value is -2.48. The Bertz CT molecular complexity index is 625. The molecule has 1 aromatic heterocycles. The molecule has 0 bridgehead atoms. The molecule has 108 valence electrons. The molecule has 0 aliphatic rings. The quantitative estimate of drug-likeness (QED) is 0.499. The number of carbonyl (C=O) groups is 1. The number of nitrogens with zero attached hydrogens (tertiary/aromatic N) is 2. The van der Waals surface area contributed by atoms with Crippen molar-refractivity contribution in [3.05, 3.63) is 12.1 Å². The van der Waals surface area contributed by atoms with Crippen LogP contribution < -0.4 is 20.3 Å². The van der Waals surface area contributed by atoms with Gasteiger partial charge >= 0.3 is 6.09 Å². The van der Waals surface area contributed by atoms with E-state index in [1.165, 1.54) is 14.2 Å². The van der Waals surface area contributed by atoms with Crippen LogP contribution in [0, 0.1) is 0 Å². The Kier molecular flexibility index (Phi) is 3.94. The lowest BCUT2D eigenvalue weighted by molar-refractivity contribution is 0.159. The molecular weight excluding hydrogens is 264 g/mol. The normalized spacial score (nSPS) is 10.4. The van der Waals surface area contributed by atoms with E-state index in [2.05, 4.69) is 10.2 Å². The van der Waals surface area contributed by atoms with Gasteiger partial charge in [-0.1, -0.05) is 0 Å². The van der Waals surface area contributed by atoms with Crippen LogP contribution >= 0.6 is 0 Å². The van der Waals surface area contributed by atoms with Gasteiger partial charge in [-0.3, -0.25) is 5.10 Å². The second-order valence-corrected chi connectivity index (χ2v) is 3.87. The molecule has 0 atom stereocenters. The maximum atomic E-state index is 11.6. The van der Waals surface area contributed by atoms with Crippen LogP contribution in [-0.4, -0.2) is 37.1 Å². The fourth-order valence-corrected chi connectivity index (χ4v) is 1.79. The summed E-state index contributed by atoms with van der Waals surface area (Å²) in [4.78, 5) is 11.6. The maximum Gasteiger partial charge on any atom is 0.430 e. The highest BCUT2D eigenvalue weighted by molar-refractivity contribution is 5.99. The molecule has 20 heavy (non-hydrogen) atoms. The van der Waals surface area contributed by atoms with E-state index in [0.717, 1.165) is 5.01 Å². The van der Waals surface area contributed by atoms with Crippen molar-refractivity contribution in [2.45, 2.75) is 6.92 Å². The van der Waals surface area contributed by atoms with Gasteiger partial charge in [0, 0.05) is 11.5 Å². The maximum absolute atomic E-state index is 11.6. The molecule has 1 heterocycles. The van der Waals surface area contributed by atoms with Crippen molar-refractivity contribution >= 4 is 22.8 Å². The summed E-state index contributed by atoms with van der Waals surface area (Å²) in [5.41, 5.74) is 0.664. The second kappa shape index (κ2) is 5.66. The lowest BCUT2D eigenvalue weighted by Gasteiger charge is -2.13. The van der Waals surface area contributed by atoms with E-state index in [4.69, 9.17) is 20.1 Å². The van der Waals surface area contributed by atoms with Gasteiger partial charge in [-0.2, -0.15) is 10.1 Å². The number of rotatable bonds is 4. The summed E-state index contributed by atoms with van der Waals surface area (Å²) in [6.07, 6.45) is -0.685. The highest BCUT2D eigenvalue weighted by atomic mass is 16.6. The average molecular weight is 280 g/mol. The molecule has 3 N–H and O–H groups in total. The summed E-state index contributed by atoms with van der Waals surface area (Å²) < 4.78 is 15.2. The number of hydrogen-bond donors (Lipinski definition) is 2. The highest BCUT2D eigenvalue weighted by Gasteiger charge is 2.20. The minimum absolute atomic E-state index is 0.228. The Balaban J connectivity index is 2.48. The summed E-state index contributed by atoms with van der Waals surface area (Å²) in [6.45, 7) is 1.92. The van der Waals surface area contributed by atoms with Gasteiger partial charge in [0.05, 0.1) is 26.3 Å². The molecule has 0 spiro atoms. The van der Waals surface area contributed by atoms with Crippen LogP contribution in [-0.2, 0) is 4.74 Å². The van der Waals surface area contributed by atoms with Crippen molar-refractivity contribution in [1.29, 1.82) is 0 Å². The van der Waals surface area contributed by atoms with E-state index < -0.39 is 6.09 Å². The summed E-state index contributed by atoms with van der Waals surface area (Å²) in [7, 11) is 3.06. The van der Waals surface area contributed by atoms with Crippen molar-refractivity contribution in [3.63, 3.8) is 0 Å². The van der Waals surface area contributed by atoms with Gasteiger partial charge in [-0.15, -0.1) is 0 Å². The third-order valence-electron chi connectivity index (χ3n) is 2.74. The van der Waals surface area contributed by atoms with E-state index in [1.54, 1.807) is 19.1 Å². The van der Waals surface area contributed by atoms with Gasteiger partial charge in [-0.25, -0.2) is 10.6 Å². The van der Waals surface area contributed by atoms with E-state index in [-0.39, 0.29) is 12.4 Å². The molecular formula is C12H16N4O4. The topological polar surface area (TPSA) is 103 Å². The van der Waals surface area contributed by atoms with Crippen molar-refractivity contribution in [2.75, 3.05) is 25.8 Å². The first-order valence-corrected chi connectivity index (χ1v) is 5.94. The van der Waals surface area contributed by atoms with Gasteiger partial charge in [0.25, 0.3) is 0 Å². The number of ether oxygens (including phenoxy) is 3. The van der Waals surface area contributed by atoms with Crippen molar-refractivity contribution < 1.29 is 19.0 Å². The number of H-pyrrole nitrogens is 1. The Morgan fingerprint density at radius 3 is 2.60 bits per heavy atom. The number of benzene rings is 1. The van der Waals surface area contributed by atoms with Crippen LogP contribution in [0.15, 0.2) is 12.1 Å². The van der Waals surface area contributed by atoms with Crippen LogP contribution in [0.1, 0.15) is 6.92 Å². The van der Waals surface area contributed by atoms with Crippen molar-refractivity contribution in [1.82, 2.24) is 10.2 Å². The van der Waals surface area contributed by atoms with Crippen LogP contribution in [0.2, 0.25) is 0 Å². The average Bonchev–Trinajstić information content (AvgIpc) is 2.87. The fraction of sp³-hybridized carbons (Fsp3) is 0.333. The molecule has 0 aliphatic heterocycles. The van der Waals surface area contributed by atoms with Gasteiger partial charge < -0.3 is 14.2 Å². The van der Waals surface area contributed by atoms with Crippen molar-refractivity contribution in [2.24, 2.45) is 5.84 Å². The van der Waals surface area contributed by atoms with Gasteiger partial charge in [-0.05, 0) is 13.0 Å². The van der Waals surface area contributed by atoms with Crippen LogP contribution in [0.5, 0.6) is 11.5 Å². The number of hydrogen-bond acceptors (Lipinski definition) is 6. The Morgan fingerprint density at radius 1 is 1.35 bits per heavy atom. The molecule has 0 fully saturated rings. The first-order chi connectivity index (χ1) is 9.62. The predicted molar refractivity (Wildman–Crippen MR) is 72.9 cm³/mol. The number of nitrogens with one attached hydrogen (secondary N) is 1. The molecule has 8 heteroatoms. The summed E-state index contributed by atoms with van der Waals surface area (Å²) in [5, 5.41) is 8.26. The molecule has 0 saturated carbocycles. The molecule has 1 amide bonds. The fourth-order valence-electron chi connectivity index (χ4n) is 1.79. The Morgan fingerprint density at radius 2 is 2.00 bits per heavy atom. The number of methoxy groups -OCH3 is 2. The van der Waals surface area contributed by atoms with Crippen LogP contribution in [0.4, 0.5) is 10.6 Å². The highest BCUT2D eigenvalue weighted by Crippen LogP contribution is 2.34. The molecule has 0 radical (unpaired) electrons. The third kappa shape index (κ3) is 2.32. The summed E-state index contributed by atoms with van der Waals surface area (Å²) in [5.74, 6) is 7.02.